The predicted octanol–water partition coefficient (Wildman–Crippen LogP) is 5.23. The lowest BCUT2D eigenvalue weighted by atomic mass is 9.87. The molecule has 7 nitrogen and oxygen atoms in total. The molecular weight excluding hydrogens is 488 g/mol. The number of rotatable bonds is 20. The van der Waals surface area contributed by atoms with Crippen molar-refractivity contribution in [3.05, 3.63) is 0 Å². The molecule has 2 rings (SSSR count). The van der Waals surface area contributed by atoms with Gasteiger partial charge in [0, 0.05) is 51.7 Å². The van der Waals surface area contributed by atoms with Crippen molar-refractivity contribution >= 4 is 11.8 Å². The number of nitrogens with zero attached hydrogens (tertiary/aromatic N) is 2. The summed E-state index contributed by atoms with van der Waals surface area (Å²) in [6, 6.07) is 0.233. The van der Waals surface area contributed by atoms with E-state index in [0.29, 0.717) is 12.8 Å². The number of hydrogen-bond acceptors (Lipinski definition) is 5. The van der Waals surface area contributed by atoms with Crippen molar-refractivity contribution < 1.29 is 14.3 Å². The van der Waals surface area contributed by atoms with Crippen LogP contribution in [0.1, 0.15) is 111 Å². The summed E-state index contributed by atoms with van der Waals surface area (Å²) < 4.78 is 5.68. The molecule has 2 fully saturated rings. The van der Waals surface area contributed by atoms with Gasteiger partial charge in [-0.25, -0.2) is 0 Å². The van der Waals surface area contributed by atoms with Gasteiger partial charge in [-0.1, -0.05) is 33.1 Å². The van der Waals surface area contributed by atoms with Gasteiger partial charge in [0.2, 0.25) is 11.8 Å². The third-order valence-corrected chi connectivity index (χ3v) is 8.51. The van der Waals surface area contributed by atoms with Gasteiger partial charge in [0.1, 0.15) is 0 Å². The van der Waals surface area contributed by atoms with Gasteiger partial charge < -0.3 is 25.2 Å². The van der Waals surface area contributed by atoms with Crippen LogP contribution in [0.5, 0.6) is 0 Å². The first-order valence-corrected chi connectivity index (χ1v) is 16.4. The van der Waals surface area contributed by atoms with E-state index in [4.69, 9.17) is 4.74 Å². The molecule has 0 radical (unpaired) electrons. The molecule has 2 amide bonds. The maximum Gasteiger partial charge on any atom is 0.221 e. The fraction of sp³-hybridized carbons (Fsp3) is 0.938. The molecule has 2 heterocycles. The van der Waals surface area contributed by atoms with Crippen molar-refractivity contribution in [1.29, 1.82) is 0 Å². The van der Waals surface area contributed by atoms with Crippen LogP contribution in [-0.2, 0) is 14.3 Å². The Morgan fingerprint density at radius 2 is 1.28 bits per heavy atom. The van der Waals surface area contributed by atoms with Gasteiger partial charge in [-0.3, -0.25) is 9.59 Å². The summed E-state index contributed by atoms with van der Waals surface area (Å²) in [5.74, 6) is 2.86. The Morgan fingerprint density at radius 1 is 0.744 bits per heavy atom. The highest BCUT2D eigenvalue weighted by atomic mass is 16.5. The van der Waals surface area contributed by atoms with E-state index in [2.05, 4.69) is 34.3 Å². The Labute approximate surface area is 240 Å². The van der Waals surface area contributed by atoms with Crippen molar-refractivity contribution in [3.8, 4) is 0 Å². The number of carbonyl (C=O) groups is 2. The highest BCUT2D eigenvalue weighted by Crippen LogP contribution is 2.27. The van der Waals surface area contributed by atoms with Crippen LogP contribution in [-0.4, -0.2) is 86.7 Å². The average Bonchev–Trinajstić information content (AvgIpc) is 2.90. The number of likely N-dealkylation sites (tertiary alicyclic amines) is 2. The number of ether oxygens (including phenoxy) is 1. The molecule has 0 atom stereocenters. The van der Waals surface area contributed by atoms with E-state index < -0.39 is 0 Å². The predicted molar refractivity (Wildman–Crippen MR) is 162 cm³/mol. The molecule has 2 N–H and O–H groups in total. The van der Waals surface area contributed by atoms with E-state index in [-0.39, 0.29) is 17.9 Å². The summed E-state index contributed by atoms with van der Waals surface area (Å²) >= 11 is 0. The smallest absolute Gasteiger partial charge is 0.221 e. The van der Waals surface area contributed by atoms with Crippen LogP contribution in [0.2, 0.25) is 0 Å². The summed E-state index contributed by atoms with van der Waals surface area (Å²) in [6.45, 7) is 17.4. The number of piperidine rings is 2. The summed E-state index contributed by atoms with van der Waals surface area (Å²) in [7, 11) is 0. The largest absolute Gasteiger partial charge is 0.381 e. The topological polar surface area (TPSA) is 73.9 Å². The second-order valence-electron chi connectivity index (χ2n) is 12.9. The van der Waals surface area contributed by atoms with Crippen molar-refractivity contribution in [1.82, 2.24) is 20.4 Å². The van der Waals surface area contributed by atoms with E-state index >= 15 is 0 Å². The van der Waals surface area contributed by atoms with Gasteiger partial charge in [-0.15, -0.1) is 0 Å². The van der Waals surface area contributed by atoms with Gasteiger partial charge in [0.15, 0.2) is 0 Å². The van der Waals surface area contributed by atoms with E-state index in [1.54, 1.807) is 0 Å². The van der Waals surface area contributed by atoms with Crippen LogP contribution in [0.15, 0.2) is 0 Å². The summed E-state index contributed by atoms with van der Waals surface area (Å²) in [6.07, 6.45) is 14.9. The number of unbranched alkanes of at least 4 members (excludes halogenated alkanes) is 1. The molecular formula is C32H62N4O3. The molecule has 39 heavy (non-hydrogen) atoms. The second kappa shape index (κ2) is 20.7. The zero-order valence-corrected chi connectivity index (χ0v) is 26.0. The fourth-order valence-electron chi connectivity index (χ4n) is 5.95. The number of nitrogens with one attached hydrogen (secondary N) is 2. The average molecular weight is 551 g/mol. The Balaban J connectivity index is 1.40. The van der Waals surface area contributed by atoms with Crippen molar-refractivity contribution in [2.75, 3.05) is 59.0 Å². The standard InChI is InChI=1S/C32H62N4O3/c1-27(2)9-8-26-39-25-6-5-18-33-31(37)16-23-35-19-12-29(13-20-35)10-7-11-30-14-21-36(22-15-30)24-17-32(38)34-28(3)4/h27-30H,5-26H2,1-4H3,(H,33,37)(H,34,38). The highest BCUT2D eigenvalue weighted by Gasteiger charge is 2.22. The Bertz CT molecular complexity index is 641. The van der Waals surface area contributed by atoms with Crippen molar-refractivity contribution in [3.63, 3.8) is 0 Å². The monoisotopic (exact) mass is 550 g/mol. The SMILES string of the molecule is CC(C)CCCOCCCCNC(=O)CCN1CCC(CCCC2CCN(CCC(=O)NC(C)C)CC2)CC1. The molecule has 228 valence electrons. The summed E-state index contributed by atoms with van der Waals surface area (Å²) in [4.78, 5) is 29.0. The quantitative estimate of drug-likeness (QED) is 0.203. The van der Waals surface area contributed by atoms with Crippen LogP contribution in [0.4, 0.5) is 0 Å². The summed E-state index contributed by atoms with van der Waals surface area (Å²) in [5, 5.41) is 6.08. The normalized spacial score (nSPS) is 18.2. The van der Waals surface area contributed by atoms with Crippen LogP contribution in [0.3, 0.4) is 0 Å². The van der Waals surface area contributed by atoms with Gasteiger partial charge in [0.25, 0.3) is 0 Å². The number of hydrogen-bond donors (Lipinski definition) is 2. The first kappa shape index (κ1) is 34.0. The highest BCUT2D eigenvalue weighted by molar-refractivity contribution is 5.76. The molecule has 0 unspecified atom stereocenters. The minimum absolute atomic E-state index is 0.182. The number of carbonyl (C=O) groups excluding carboxylic acids is 2. The first-order valence-electron chi connectivity index (χ1n) is 16.4. The minimum atomic E-state index is 0.182. The van der Waals surface area contributed by atoms with Gasteiger partial charge >= 0.3 is 0 Å². The van der Waals surface area contributed by atoms with Gasteiger partial charge in [0.05, 0.1) is 0 Å². The lowest BCUT2D eigenvalue weighted by molar-refractivity contribution is -0.122. The van der Waals surface area contributed by atoms with Crippen molar-refractivity contribution in [2.45, 2.75) is 117 Å². The Kier molecular flexibility index (Phi) is 18.0. The molecule has 2 aliphatic rings. The molecule has 0 aromatic heterocycles. The van der Waals surface area contributed by atoms with Crippen molar-refractivity contribution in [2.24, 2.45) is 17.8 Å². The molecule has 2 aliphatic heterocycles. The third kappa shape index (κ3) is 17.3. The van der Waals surface area contributed by atoms with Crippen LogP contribution in [0, 0.1) is 17.8 Å². The molecule has 0 spiro atoms. The fourth-order valence-corrected chi connectivity index (χ4v) is 5.95. The number of amides is 2. The zero-order chi connectivity index (χ0) is 28.3. The maximum absolute atomic E-state index is 12.2. The van der Waals surface area contributed by atoms with E-state index in [9.17, 15) is 9.59 Å². The minimum Gasteiger partial charge on any atom is -0.381 e. The summed E-state index contributed by atoms with van der Waals surface area (Å²) in [5.41, 5.74) is 0. The first-order chi connectivity index (χ1) is 18.8. The van der Waals surface area contributed by atoms with Gasteiger partial charge in [-0.05, 0) is 109 Å². The molecule has 2 saturated heterocycles. The molecule has 7 heteroatoms. The van der Waals surface area contributed by atoms with Crippen LogP contribution in [0.25, 0.3) is 0 Å². The van der Waals surface area contributed by atoms with E-state index in [0.717, 1.165) is 96.0 Å². The van der Waals surface area contributed by atoms with E-state index in [1.165, 1.54) is 51.4 Å². The van der Waals surface area contributed by atoms with Crippen LogP contribution < -0.4 is 10.6 Å². The molecule has 0 saturated carbocycles. The lowest BCUT2D eigenvalue weighted by Gasteiger charge is -2.33. The Hall–Kier alpha value is -1.18. The zero-order valence-electron chi connectivity index (χ0n) is 26.0. The second-order valence-corrected chi connectivity index (χ2v) is 12.9. The molecule has 0 aliphatic carbocycles. The Morgan fingerprint density at radius 3 is 1.82 bits per heavy atom. The molecule has 0 bridgehead atoms. The maximum atomic E-state index is 12.2. The molecule has 0 aromatic carbocycles. The lowest BCUT2D eigenvalue weighted by Crippen LogP contribution is -2.38. The van der Waals surface area contributed by atoms with Gasteiger partial charge in [-0.2, -0.15) is 0 Å². The molecule has 0 aromatic rings. The van der Waals surface area contributed by atoms with Crippen LogP contribution >= 0.6 is 0 Å². The third-order valence-electron chi connectivity index (χ3n) is 8.51. The van der Waals surface area contributed by atoms with E-state index in [1.807, 2.05) is 13.8 Å².